The molecule has 0 aromatic heterocycles. The van der Waals surface area contributed by atoms with Crippen LogP contribution in [0.3, 0.4) is 0 Å². The summed E-state index contributed by atoms with van der Waals surface area (Å²) in [6.07, 6.45) is 0. The van der Waals surface area contributed by atoms with Crippen molar-refractivity contribution in [2.75, 3.05) is 18.8 Å². The summed E-state index contributed by atoms with van der Waals surface area (Å²) in [5.74, 6) is -1.15. The van der Waals surface area contributed by atoms with Crippen LogP contribution in [0.1, 0.15) is 13.8 Å². The Morgan fingerprint density at radius 3 is 2.43 bits per heavy atom. The summed E-state index contributed by atoms with van der Waals surface area (Å²) in [5, 5.41) is 1.15. The first kappa shape index (κ1) is 17.9. The highest BCUT2D eigenvalue weighted by atomic mass is 35.7. The van der Waals surface area contributed by atoms with Gasteiger partial charge in [-0.15, -0.1) is 0 Å². The Labute approximate surface area is 127 Å². The predicted molar refractivity (Wildman–Crippen MR) is 77.7 cm³/mol. The number of para-hydroxylation sites is 1. The Bertz CT molecular complexity index is 522. The lowest BCUT2D eigenvalue weighted by molar-refractivity contribution is -0.168. The fraction of sp³-hybridized carbons (Fsp3) is 0.417. The molecule has 2 atom stereocenters. The number of carbonyl (C=O) groups is 1. The molecular weight excluding hydrogens is 321 g/mol. The van der Waals surface area contributed by atoms with E-state index in [1.54, 1.807) is 37.3 Å². The average molecular weight is 338 g/mol. The molecule has 0 fully saturated rings. The van der Waals surface area contributed by atoms with Crippen molar-refractivity contribution < 1.29 is 28.4 Å². The molecule has 0 aliphatic carbocycles. The standard InChI is InChI=1S/C12H17ClNO6P/c1-4-19-14(10-8-6-5-7-9-10)12(2,18-3)11(15)20-21(13,16)17/h5-9H,4H2,1-3H3,(H,16,17)/t12-/m1/s1. The molecular formula is C12H17ClNO6P. The third-order valence-electron chi connectivity index (χ3n) is 2.61. The number of ether oxygens (including phenoxy) is 1. The monoisotopic (exact) mass is 337 g/mol. The van der Waals surface area contributed by atoms with Gasteiger partial charge < -0.3 is 14.2 Å². The fourth-order valence-electron chi connectivity index (χ4n) is 1.57. The molecule has 118 valence electrons. The zero-order valence-corrected chi connectivity index (χ0v) is 13.5. The van der Waals surface area contributed by atoms with Crippen molar-refractivity contribution in [1.82, 2.24) is 0 Å². The molecule has 0 radical (unpaired) electrons. The molecule has 9 heteroatoms. The van der Waals surface area contributed by atoms with E-state index in [9.17, 15) is 9.36 Å². The second-order valence-corrected chi connectivity index (χ2v) is 6.43. The first-order valence-electron chi connectivity index (χ1n) is 6.04. The van der Waals surface area contributed by atoms with Gasteiger partial charge in [0.25, 0.3) is 5.72 Å². The minimum absolute atomic E-state index is 0.235. The highest BCUT2D eigenvalue weighted by molar-refractivity contribution is 7.80. The average Bonchev–Trinajstić information content (AvgIpc) is 2.43. The van der Waals surface area contributed by atoms with Crippen LogP contribution in [0.4, 0.5) is 5.69 Å². The Morgan fingerprint density at radius 2 is 2.00 bits per heavy atom. The number of halogens is 1. The van der Waals surface area contributed by atoms with E-state index in [-0.39, 0.29) is 6.61 Å². The van der Waals surface area contributed by atoms with Gasteiger partial charge in [-0.3, -0.25) is 4.84 Å². The van der Waals surface area contributed by atoms with Gasteiger partial charge in [0.1, 0.15) is 0 Å². The number of anilines is 1. The molecule has 0 bridgehead atoms. The zero-order valence-electron chi connectivity index (χ0n) is 11.9. The molecule has 1 aromatic rings. The molecule has 0 aliphatic heterocycles. The number of hydrogen-bond acceptors (Lipinski definition) is 6. The SMILES string of the molecule is CCON(c1ccccc1)[C@](C)(OC)C(=O)OP(=O)(O)Cl. The molecule has 0 aliphatic rings. The number of methoxy groups -OCH3 is 1. The summed E-state index contributed by atoms with van der Waals surface area (Å²) in [5.41, 5.74) is -1.28. The summed E-state index contributed by atoms with van der Waals surface area (Å²) in [6, 6.07) is 8.62. The highest BCUT2D eigenvalue weighted by Gasteiger charge is 2.45. The van der Waals surface area contributed by atoms with Crippen LogP contribution in [-0.4, -0.2) is 30.3 Å². The normalized spacial score (nSPS) is 16.6. The van der Waals surface area contributed by atoms with E-state index in [0.29, 0.717) is 5.69 Å². The summed E-state index contributed by atoms with van der Waals surface area (Å²) >= 11 is 5.07. The van der Waals surface area contributed by atoms with Crippen molar-refractivity contribution in [3.8, 4) is 0 Å². The van der Waals surface area contributed by atoms with Crippen molar-refractivity contribution >= 4 is 29.8 Å². The second kappa shape index (κ2) is 7.24. The minimum atomic E-state index is -4.52. The van der Waals surface area contributed by atoms with Crippen LogP contribution >= 0.6 is 18.2 Å². The molecule has 21 heavy (non-hydrogen) atoms. The molecule has 1 unspecified atom stereocenters. The Morgan fingerprint density at radius 1 is 1.43 bits per heavy atom. The van der Waals surface area contributed by atoms with Crippen LogP contribution in [-0.2, 0) is 23.5 Å². The number of nitrogens with zero attached hydrogens (tertiary/aromatic N) is 1. The summed E-state index contributed by atoms with van der Waals surface area (Å²) in [4.78, 5) is 26.5. The quantitative estimate of drug-likeness (QED) is 0.465. The van der Waals surface area contributed by atoms with E-state index in [4.69, 9.17) is 25.7 Å². The zero-order chi connectivity index (χ0) is 16.1. The maximum atomic E-state index is 12.1. The predicted octanol–water partition coefficient (Wildman–Crippen LogP) is 2.69. The van der Waals surface area contributed by atoms with Gasteiger partial charge in [0.15, 0.2) is 0 Å². The second-order valence-electron chi connectivity index (χ2n) is 4.06. The molecule has 0 saturated carbocycles. The van der Waals surface area contributed by atoms with E-state index in [1.165, 1.54) is 14.0 Å². The Balaban J connectivity index is 3.17. The molecule has 0 spiro atoms. The van der Waals surface area contributed by atoms with Crippen LogP contribution in [0.15, 0.2) is 30.3 Å². The van der Waals surface area contributed by atoms with Gasteiger partial charge in [-0.25, -0.2) is 14.4 Å². The van der Waals surface area contributed by atoms with Crippen molar-refractivity contribution in [2.24, 2.45) is 0 Å². The lowest BCUT2D eigenvalue weighted by Gasteiger charge is -2.37. The van der Waals surface area contributed by atoms with Gasteiger partial charge >= 0.3 is 12.9 Å². The fourth-order valence-corrected chi connectivity index (χ4v) is 2.13. The first-order chi connectivity index (χ1) is 9.74. The Hall–Kier alpha value is -1.11. The lowest BCUT2D eigenvalue weighted by Crippen LogP contribution is -2.54. The maximum absolute atomic E-state index is 12.1. The number of benzene rings is 1. The molecule has 0 saturated heterocycles. The summed E-state index contributed by atoms with van der Waals surface area (Å²) in [7, 11) is 1.24. The molecule has 0 heterocycles. The van der Waals surface area contributed by atoms with E-state index < -0.39 is 18.6 Å². The van der Waals surface area contributed by atoms with Gasteiger partial charge in [-0.2, -0.15) is 0 Å². The molecule has 1 N–H and O–H groups in total. The molecule has 0 amide bonds. The van der Waals surface area contributed by atoms with Crippen LogP contribution in [0.2, 0.25) is 0 Å². The number of hydrogen-bond donors (Lipinski definition) is 1. The van der Waals surface area contributed by atoms with Crippen molar-refractivity contribution in [2.45, 2.75) is 19.6 Å². The van der Waals surface area contributed by atoms with Crippen LogP contribution < -0.4 is 5.06 Å². The molecule has 7 nitrogen and oxygen atoms in total. The van der Waals surface area contributed by atoms with Crippen molar-refractivity contribution in [1.29, 1.82) is 0 Å². The highest BCUT2D eigenvalue weighted by Crippen LogP contribution is 2.49. The van der Waals surface area contributed by atoms with Gasteiger partial charge in [0.05, 0.1) is 12.3 Å². The van der Waals surface area contributed by atoms with Gasteiger partial charge in [0.2, 0.25) is 0 Å². The van der Waals surface area contributed by atoms with Gasteiger partial charge in [-0.05, 0) is 26.0 Å². The third kappa shape index (κ3) is 4.69. The van der Waals surface area contributed by atoms with E-state index >= 15 is 0 Å². The van der Waals surface area contributed by atoms with Gasteiger partial charge in [0, 0.05) is 18.4 Å². The lowest BCUT2D eigenvalue weighted by atomic mass is 10.2. The van der Waals surface area contributed by atoms with E-state index in [2.05, 4.69) is 4.52 Å². The third-order valence-corrected chi connectivity index (χ3v) is 3.21. The van der Waals surface area contributed by atoms with Crippen LogP contribution in [0.5, 0.6) is 0 Å². The number of carbonyl (C=O) groups excluding carboxylic acids is 1. The van der Waals surface area contributed by atoms with Crippen molar-refractivity contribution in [3.63, 3.8) is 0 Å². The minimum Gasteiger partial charge on any atom is -0.377 e. The number of hydroxylamine groups is 1. The maximum Gasteiger partial charge on any atom is 0.476 e. The smallest absolute Gasteiger partial charge is 0.377 e. The topological polar surface area (TPSA) is 85.3 Å². The molecule has 1 aromatic carbocycles. The summed E-state index contributed by atoms with van der Waals surface area (Å²) in [6.45, 7) is -1.23. The first-order valence-corrected chi connectivity index (χ1v) is 8.52. The number of rotatable bonds is 7. The van der Waals surface area contributed by atoms with Crippen molar-refractivity contribution in [3.05, 3.63) is 30.3 Å². The molecule has 1 rings (SSSR count). The largest absolute Gasteiger partial charge is 0.476 e. The summed E-state index contributed by atoms with van der Waals surface area (Å²) < 4.78 is 20.6. The van der Waals surface area contributed by atoms with E-state index in [1.807, 2.05) is 0 Å². The van der Waals surface area contributed by atoms with E-state index in [0.717, 1.165) is 5.06 Å². The van der Waals surface area contributed by atoms with Crippen LogP contribution in [0, 0.1) is 0 Å². The van der Waals surface area contributed by atoms with Gasteiger partial charge in [-0.1, -0.05) is 18.2 Å². The Kier molecular flexibility index (Phi) is 6.19. The van der Waals surface area contributed by atoms with Crippen LogP contribution in [0.25, 0.3) is 0 Å².